The number of hydrogen-bond acceptors (Lipinski definition) is 5. The molecule has 0 fully saturated rings. The van der Waals surface area contributed by atoms with E-state index in [1.54, 1.807) is 19.1 Å². The number of amides is 1. The van der Waals surface area contributed by atoms with Gasteiger partial charge in [0.15, 0.2) is 5.76 Å². The molecule has 2 aromatic rings. The maximum atomic E-state index is 13.0. The van der Waals surface area contributed by atoms with Crippen LogP contribution < -0.4 is 5.32 Å². The zero-order valence-electron chi connectivity index (χ0n) is 14.2. The summed E-state index contributed by atoms with van der Waals surface area (Å²) in [6, 6.07) is 7.77. The minimum Gasteiger partial charge on any atom is -0.379 e. The van der Waals surface area contributed by atoms with Crippen LogP contribution in [0.3, 0.4) is 0 Å². The third-order valence-electron chi connectivity index (χ3n) is 4.06. The fourth-order valence-electron chi connectivity index (χ4n) is 2.63. The Hall–Kier alpha value is -2.70. The van der Waals surface area contributed by atoms with Crippen LogP contribution in [0.1, 0.15) is 43.7 Å². The van der Waals surface area contributed by atoms with E-state index in [-0.39, 0.29) is 18.3 Å². The van der Waals surface area contributed by atoms with Crippen LogP contribution in [-0.2, 0) is 22.6 Å². The van der Waals surface area contributed by atoms with Crippen LogP contribution >= 0.6 is 0 Å². The van der Waals surface area contributed by atoms with Crippen LogP contribution in [0.15, 0.2) is 40.0 Å². The van der Waals surface area contributed by atoms with Crippen molar-refractivity contribution in [2.24, 2.45) is 5.16 Å². The van der Waals surface area contributed by atoms with E-state index in [2.05, 4.69) is 22.6 Å². The van der Waals surface area contributed by atoms with Gasteiger partial charge in [-0.1, -0.05) is 35.8 Å². The number of carbonyl (C=O) groups is 1. The Kier molecular flexibility index (Phi) is 4.83. The molecule has 0 bridgehead atoms. The summed E-state index contributed by atoms with van der Waals surface area (Å²) in [5.74, 6) is -0.0156. The van der Waals surface area contributed by atoms with E-state index in [0.29, 0.717) is 17.9 Å². The SMILES string of the molecule is CCCc1cc(CNC(=O)[C@@]2(C)CC(c3ccc(F)cc3)=NO2)on1. The van der Waals surface area contributed by atoms with Crippen molar-refractivity contribution in [2.75, 3.05) is 0 Å². The maximum absolute atomic E-state index is 13.0. The molecule has 0 spiro atoms. The Morgan fingerprint density at radius 3 is 2.84 bits per heavy atom. The minimum absolute atomic E-state index is 0.236. The van der Waals surface area contributed by atoms with Crippen molar-refractivity contribution < 1.29 is 18.5 Å². The van der Waals surface area contributed by atoms with Crippen molar-refractivity contribution in [3.8, 4) is 0 Å². The lowest BCUT2D eigenvalue weighted by molar-refractivity contribution is -0.142. The lowest BCUT2D eigenvalue weighted by Gasteiger charge is -2.19. The topological polar surface area (TPSA) is 76.7 Å². The van der Waals surface area contributed by atoms with E-state index >= 15 is 0 Å². The van der Waals surface area contributed by atoms with E-state index in [0.717, 1.165) is 24.1 Å². The molecule has 7 heteroatoms. The quantitative estimate of drug-likeness (QED) is 0.873. The lowest BCUT2D eigenvalue weighted by atomic mass is 9.95. The van der Waals surface area contributed by atoms with E-state index in [1.165, 1.54) is 12.1 Å². The number of nitrogens with one attached hydrogen (secondary N) is 1. The standard InChI is InChI=1S/C18H20FN3O3/c1-3-4-14-9-15(24-21-14)11-20-17(23)18(2)10-16(22-25-18)12-5-7-13(19)8-6-12/h5-9H,3-4,10-11H2,1-2H3,(H,20,23)/t18-/m1/s1. The van der Waals surface area contributed by atoms with Crippen molar-refractivity contribution in [2.45, 2.75) is 45.3 Å². The number of halogens is 1. The highest BCUT2D eigenvalue weighted by Gasteiger charge is 2.42. The molecule has 1 aromatic heterocycles. The molecule has 25 heavy (non-hydrogen) atoms. The normalized spacial score (nSPS) is 19.4. The van der Waals surface area contributed by atoms with Crippen molar-refractivity contribution >= 4 is 11.6 Å². The molecule has 2 heterocycles. The summed E-state index contributed by atoms with van der Waals surface area (Å²) in [6.45, 7) is 3.97. The van der Waals surface area contributed by atoms with Crippen LogP contribution in [0.25, 0.3) is 0 Å². The predicted molar refractivity (Wildman–Crippen MR) is 89.4 cm³/mol. The van der Waals surface area contributed by atoms with Crippen LogP contribution in [-0.4, -0.2) is 22.4 Å². The molecule has 0 saturated carbocycles. The Bertz CT molecular complexity index is 785. The van der Waals surface area contributed by atoms with Crippen LogP contribution in [0.5, 0.6) is 0 Å². The van der Waals surface area contributed by atoms with Crippen LogP contribution in [0.4, 0.5) is 4.39 Å². The zero-order chi connectivity index (χ0) is 17.9. The number of oxime groups is 1. The number of carbonyl (C=O) groups excluding carboxylic acids is 1. The molecule has 1 amide bonds. The number of nitrogens with zero attached hydrogens (tertiary/aromatic N) is 2. The molecule has 0 saturated heterocycles. The first-order chi connectivity index (χ1) is 12.0. The first kappa shape index (κ1) is 17.1. The average molecular weight is 345 g/mol. The van der Waals surface area contributed by atoms with Gasteiger partial charge in [0.05, 0.1) is 18.0 Å². The predicted octanol–water partition coefficient (Wildman–Crippen LogP) is 2.97. The van der Waals surface area contributed by atoms with Gasteiger partial charge in [-0.3, -0.25) is 4.79 Å². The number of hydrogen-bond donors (Lipinski definition) is 1. The smallest absolute Gasteiger partial charge is 0.267 e. The summed E-state index contributed by atoms with van der Waals surface area (Å²) in [4.78, 5) is 17.8. The van der Waals surface area contributed by atoms with Crippen LogP contribution in [0.2, 0.25) is 0 Å². The number of aryl methyl sites for hydroxylation is 1. The third kappa shape index (κ3) is 3.87. The van der Waals surface area contributed by atoms with E-state index < -0.39 is 5.60 Å². The highest BCUT2D eigenvalue weighted by molar-refractivity contribution is 6.05. The average Bonchev–Trinajstić information content (AvgIpc) is 3.21. The maximum Gasteiger partial charge on any atom is 0.267 e. The molecule has 1 aromatic carbocycles. The molecule has 1 N–H and O–H groups in total. The summed E-state index contributed by atoms with van der Waals surface area (Å²) in [6.07, 6.45) is 2.13. The van der Waals surface area contributed by atoms with Gasteiger partial charge in [0.1, 0.15) is 5.82 Å². The van der Waals surface area contributed by atoms with Gasteiger partial charge in [0, 0.05) is 12.5 Å². The molecule has 0 unspecified atom stereocenters. The fraction of sp³-hybridized carbons (Fsp3) is 0.389. The number of aromatic nitrogens is 1. The molecule has 0 aliphatic carbocycles. The molecule has 3 rings (SSSR count). The highest BCUT2D eigenvalue weighted by Crippen LogP contribution is 2.27. The summed E-state index contributed by atoms with van der Waals surface area (Å²) < 4.78 is 18.2. The van der Waals surface area contributed by atoms with Gasteiger partial charge in [-0.05, 0) is 31.0 Å². The molecular weight excluding hydrogens is 325 g/mol. The van der Waals surface area contributed by atoms with Gasteiger partial charge in [0.25, 0.3) is 5.91 Å². The summed E-state index contributed by atoms with van der Waals surface area (Å²) in [7, 11) is 0. The number of benzene rings is 1. The largest absolute Gasteiger partial charge is 0.379 e. The van der Waals surface area contributed by atoms with E-state index in [1.807, 2.05) is 6.07 Å². The van der Waals surface area contributed by atoms with Gasteiger partial charge in [-0.25, -0.2) is 4.39 Å². The summed E-state index contributed by atoms with van der Waals surface area (Å²) in [5.41, 5.74) is 1.12. The van der Waals surface area contributed by atoms with Gasteiger partial charge in [-0.15, -0.1) is 0 Å². The van der Waals surface area contributed by atoms with Gasteiger partial charge in [0.2, 0.25) is 5.60 Å². The van der Waals surface area contributed by atoms with Gasteiger partial charge >= 0.3 is 0 Å². The molecule has 1 aliphatic heterocycles. The molecule has 6 nitrogen and oxygen atoms in total. The Morgan fingerprint density at radius 1 is 1.36 bits per heavy atom. The van der Waals surface area contributed by atoms with Gasteiger partial charge < -0.3 is 14.7 Å². The summed E-state index contributed by atoms with van der Waals surface area (Å²) in [5, 5.41) is 10.7. The second-order valence-corrected chi connectivity index (χ2v) is 6.26. The molecule has 1 atom stereocenters. The zero-order valence-corrected chi connectivity index (χ0v) is 14.2. The van der Waals surface area contributed by atoms with Crippen molar-refractivity contribution in [3.63, 3.8) is 0 Å². The first-order valence-corrected chi connectivity index (χ1v) is 8.24. The lowest BCUT2D eigenvalue weighted by Crippen LogP contribution is -2.44. The Balaban J connectivity index is 1.58. The Labute approximate surface area is 145 Å². The molecular formula is C18H20FN3O3. The van der Waals surface area contributed by atoms with Gasteiger partial charge in [-0.2, -0.15) is 0 Å². The second kappa shape index (κ2) is 7.04. The number of rotatable bonds is 6. The molecule has 0 radical (unpaired) electrons. The Morgan fingerprint density at radius 2 is 2.12 bits per heavy atom. The minimum atomic E-state index is -1.10. The molecule has 1 aliphatic rings. The summed E-state index contributed by atoms with van der Waals surface area (Å²) >= 11 is 0. The second-order valence-electron chi connectivity index (χ2n) is 6.26. The third-order valence-corrected chi connectivity index (χ3v) is 4.06. The van der Waals surface area contributed by atoms with E-state index in [4.69, 9.17) is 9.36 Å². The van der Waals surface area contributed by atoms with Crippen molar-refractivity contribution in [3.05, 3.63) is 53.2 Å². The van der Waals surface area contributed by atoms with Crippen molar-refractivity contribution in [1.82, 2.24) is 10.5 Å². The van der Waals surface area contributed by atoms with Crippen LogP contribution in [0, 0.1) is 5.82 Å². The van der Waals surface area contributed by atoms with E-state index in [9.17, 15) is 9.18 Å². The molecule has 132 valence electrons. The van der Waals surface area contributed by atoms with Crippen molar-refractivity contribution in [1.29, 1.82) is 0 Å². The highest BCUT2D eigenvalue weighted by atomic mass is 19.1. The monoisotopic (exact) mass is 345 g/mol. The first-order valence-electron chi connectivity index (χ1n) is 8.24. The fourth-order valence-corrected chi connectivity index (χ4v) is 2.63.